The Hall–Kier alpha value is -1.21. The Labute approximate surface area is 101 Å². The molecule has 17 heavy (non-hydrogen) atoms. The molecule has 0 aliphatic rings. The third-order valence-corrected chi connectivity index (χ3v) is 2.81. The van der Waals surface area contributed by atoms with Gasteiger partial charge in [-0.05, 0) is 12.1 Å². The van der Waals surface area contributed by atoms with Crippen molar-refractivity contribution in [3.8, 4) is 0 Å². The third kappa shape index (κ3) is 5.60. The van der Waals surface area contributed by atoms with Crippen molar-refractivity contribution in [1.29, 1.82) is 0 Å². The van der Waals surface area contributed by atoms with E-state index in [4.69, 9.17) is 5.11 Å². The van der Waals surface area contributed by atoms with Crippen LogP contribution in [0.25, 0.3) is 0 Å². The summed E-state index contributed by atoms with van der Waals surface area (Å²) in [4.78, 5) is 15.9. The molecule has 0 saturated heterocycles. The number of aromatic nitrogens is 1. The maximum absolute atomic E-state index is 12.6. The number of carbonyl (C=O) groups excluding carboxylic acids is 1. The Morgan fingerprint density at radius 3 is 2.71 bits per heavy atom. The first kappa shape index (κ1) is 13.9. The molecule has 4 nitrogen and oxygen atoms in total. The molecule has 0 aliphatic heterocycles. The van der Waals surface area contributed by atoms with Gasteiger partial charge in [-0.1, -0.05) is 0 Å². The van der Waals surface area contributed by atoms with Crippen molar-refractivity contribution >= 4 is 17.7 Å². The summed E-state index contributed by atoms with van der Waals surface area (Å²) < 4.78 is 25.2. The number of carbonyl (C=O) groups is 1. The summed E-state index contributed by atoms with van der Waals surface area (Å²) in [7, 11) is 0. The van der Waals surface area contributed by atoms with Crippen LogP contribution in [0.1, 0.15) is 0 Å². The van der Waals surface area contributed by atoms with E-state index < -0.39 is 25.0 Å². The quantitative estimate of drug-likeness (QED) is 0.748. The van der Waals surface area contributed by atoms with Gasteiger partial charge in [-0.2, -0.15) is 0 Å². The van der Waals surface area contributed by atoms with Gasteiger partial charge in [-0.15, -0.1) is 11.8 Å². The lowest BCUT2D eigenvalue weighted by Gasteiger charge is -2.13. The standard InChI is InChI=1S/C10H12F2N2O2S/c11-10(12,7-15)6-14-9(16)5-17-8-1-3-13-4-2-8/h1-4,15H,5-7H2,(H,14,16). The van der Waals surface area contributed by atoms with Crippen LogP contribution in [-0.2, 0) is 4.79 Å². The molecule has 0 bridgehead atoms. The molecular weight excluding hydrogens is 250 g/mol. The largest absolute Gasteiger partial charge is 0.390 e. The minimum atomic E-state index is -3.27. The average Bonchev–Trinajstić information content (AvgIpc) is 2.35. The Balaban J connectivity index is 2.27. The Kier molecular flexibility index (Phi) is 5.30. The zero-order valence-corrected chi connectivity index (χ0v) is 9.71. The molecule has 0 fully saturated rings. The van der Waals surface area contributed by atoms with E-state index in [9.17, 15) is 13.6 Å². The maximum Gasteiger partial charge on any atom is 0.287 e. The highest BCUT2D eigenvalue weighted by Gasteiger charge is 2.27. The fourth-order valence-corrected chi connectivity index (χ4v) is 1.63. The lowest BCUT2D eigenvalue weighted by Crippen LogP contribution is -2.39. The molecule has 0 spiro atoms. The zero-order valence-electron chi connectivity index (χ0n) is 8.90. The van der Waals surface area contributed by atoms with Gasteiger partial charge in [-0.3, -0.25) is 9.78 Å². The maximum atomic E-state index is 12.6. The molecule has 0 aromatic carbocycles. The number of thioether (sulfide) groups is 1. The van der Waals surface area contributed by atoms with E-state index in [0.29, 0.717) is 0 Å². The summed E-state index contributed by atoms with van der Waals surface area (Å²) in [6, 6.07) is 3.44. The van der Waals surface area contributed by atoms with Crippen LogP contribution in [-0.4, -0.2) is 40.8 Å². The smallest absolute Gasteiger partial charge is 0.287 e. The number of aliphatic hydroxyl groups is 1. The van der Waals surface area contributed by atoms with Gasteiger partial charge in [-0.25, -0.2) is 8.78 Å². The van der Waals surface area contributed by atoms with Gasteiger partial charge < -0.3 is 10.4 Å². The van der Waals surface area contributed by atoms with Gasteiger partial charge in [0.1, 0.15) is 6.61 Å². The van der Waals surface area contributed by atoms with Crippen LogP contribution in [0, 0.1) is 0 Å². The molecule has 7 heteroatoms. The van der Waals surface area contributed by atoms with E-state index in [-0.39, 0.29) is 5.75 Å². The van der Waals surface area contributed by atoms with E-state index in [0.717, 1.165) is 4.90 Å². The highest BCUT2D eigenvalue weighted by atomic mass is 32.2. The number of pyridine rings is 1. The van der Waals surface area contributed by atoms with Crippen LogP contribution in [0.15, 0.2) is 29.4 Å². The summed E-state index contributed by atoms with van der Waals surface area (Å²) in [6.07, 6.45) is 3.17. The SMILES string of the molecule is O=C(CSc1ccncc1)NCC(F)(F)CO. The van der Waals surface area contributed by atoms with E-state index in [1.807, 2.05) is 0 Å². The van der Waals surface area contributed by atoms with Crippen molar-refractivity contribution in [1.82, 2.24) is 10.3 Å². The van der Waals surface area contributed by atoms with Crippen LogP contribution < -0.4 is 5.32 Å². The van der Waals surface area contributed by atoms with Crippen molar-refractivity contribution in [2.75, 3.05) is 18.9 Å². The first-order valence-electron chi connectivity index (χ1n) is 4.82. The predicted octanol–water partition coefficient (Wildman–Crippen LogP) is 0.917. The number of hydrogen-bond acceptors (Lipinski definition) is 4. The van der Waals surface area contributed by atoms with E-state index in [1.165, 1.54) is 11.8 Å². The summed E-state index contributed by atoms with van der Waals surface area (Å²) >= 11 is 1.23. The molecule has 2 N–H and O–H groups in total. The number of nitrogens with zero attached hydrogens (tertiary/aromatic N) is 1. The van der Waals surface area contributed by atoms with E-state index >= 15 is 0 Å². The van der Waals surface area contributed by atoms with Gasteiger partial charge in [0.25, 0.3) is 5.92 Å². The van der Waals surface area contributed by atoms with Crippen LogP contribution >= 0.6 is 11.8 Å². The summed E-state index contributed by atoms with van der Waals surface area (Å²) in [6.45, 7) is -2.12. The van der Waals surface area contributed by atoms with Crippen molar-refractivity contribution < 1.29 is 18.7 Å². The third-order valence-electron chi connectivity index (χ3n) is 1.80. The highest BCUT2D eigenvalue weighted by molar-refractivity contribution is 8.00. The lowest BCUT2D eigenvalue weighted by molar-refractivity contribution is -0.121. The minimum absolute atomic E-state index is 0.0471. The van der Waals surface area contributed by atoms with Gasteiger partial charge in [0.05, 0.1) is 12.3 Å². The topological polar surface area (TPSA) is 62.2 Å². The molecule has 0 saturated carbocycles. The zero-order chi connectivity index (χ0) is 12.7. The van der Waals surface area contributed by atoms with Gasteiger partial charge in [0.15, 0.2) is 0 Å². The van der Waals surface area contributed by atoms with Crippen molar-refractivity contribution in [3.05, 3.63) is 24.5 Å². The molecule has 1 heterocycles. The number of aliphatic hydroxyl groups excluding tert-OH is 1. The number of amides is 1. The first-order valence-corrected chi connectivity index (χ1v) is 5.80. The summed E-state index contributed by atoms with van der Waals surface area (Å²) in [5, 5.41) is 10.4. The van der Waals surface area contributed by atoms with Gasteiger partial charge >= 0.3 is 0 Å². The monoisotopic (exact) mass is 262 g/mol. The first-order chi connectivity index (χ1) is 8.03. The second kappa shape index (κ2) is 6.51. The predicted molar refractivity (Wildman–Crippen MR) is 60.0 cm³/mol. The number of alkyl halides is 2. The number of halogens is 2. The molecule has 1 aromatic heterocycles. The lowest BCUT2D eigenvalue weighted by atomic mass is 10.3. The normalized spacial score (nSPS) is 11.2. The van der Waals surface area contributed by atoms with E-state index in [1.54, 1.807) is 24.5 Å². The molecule has 0 aliphatic carbocycles. The number of rotatable bonds is 6. The molecule has 94 valence electrons. The highest BCUT2D eigenvalue weighted by Crippen LogP contribution is 2.16. The van der Waals surface area contributed by atoms with Crippen LogP contribution in [0.2, 0.25) is 0 Å². The molecule has 1 amide bonds. The fourth-order valence-electron chi connectivity index (χ4n) is 0.918. The summed E-state index contributed by atoms with van der Waals surface area (Å²) in [5.41, 5.74) is 0. The molecule has 0 unspecified atom stereocenters. The Bertz CT molecular complexity index is 363. The number of hydrogen-bond donors (Lipinski definition) is 2. The molecule has 1 rings (SSSR count). The number of nitrogens with one attached hydrogen (secondary N) is 1. The fraction of sp³-hybridized carbons (Fsp3) is 0.400. The van der Waals surface area contributed by atoms with Crippen molar-refractivity contribution in [2.45, 2.75) is 10.8 Å². The van der Waals surface area contributed by atoms with Crippen molar-refractivity contribution in [2.24, 2.45) is 0 Å². The molecule has 0 atom stereocenters. The van der Waals surface area contributed by atoms with Crippen molar-refractivity contribution in [3.63, 3.8) is 0 Å². The molecule has 0 radical (unpaired) electrons. The van der Waals surface area contributed by atoms with Gasteiger partial charge in [0.2, 0.25) is 5.91 Å². The van der Waals surface area contributed by atoms with E-state index in [2.05, 4.69) is 10.3 Å². The molecular formula is C10H12F2N2O2S. The van der Waals surface area contributed by atoms with Crippen LogP contribution in [0.5, 0.6) is 0 Å². The average molecular weight is 262 g/mol. The van der Waals surface area contributed by atoms with Gasteiger partial charge in [0, 0.05) is 17.3 Å². The van der Waals surface area contributed by atoms with Crippen LogP contribution in [0.4, 0.5) is 8.78 Å². The second-order valence-corrected chi connectivity index (χ2v) is 4.31. The molecule has 1 aromatic rings. The Morgan fingerprint density at radius 1 is 1.47 bits per heavy atom. The second-order valence-electron chi connectivity index (χ2n) is 3.26. The Morgan fingerprint density at radius 2 is 2.12 bits per heavy atom. The summed E-state index contributed by atoms with van der Waals surface area (Å²) in [5.74, 6) is -3.72. The van der Waals surface area contributed by atoms with Crippen LogP contribution in [0.3, 0.4) is 0 Å². The minimum Gasteiger partial charge on any atom is -0.390 e.